The number of Topliss-reactive ketones (excluding diaryl/α,β-unsaturated/α-hetero) is 1. The predicted octanol–water partition coefficient (Wildman–Crippen LogP) is 6.98. The van der Waals surface area contributed by atoms with Crippen molar-refractivity contribution in [3.63, 3.8) is 0 Å². The molecule has 6 rings (SSSR count). The number of ketones is 1. The molecule has 8 nitrogen and oxygen atoms in total. The summed E-state index contributed by atoms with van der Waals surface area (Å²) in [7, 11) is 3.10. The summed E-state index contributed by atoms with van der Waals surface area (Å²) < 4.78 is 10.6. The summed E-state index contributed by atoms with van der Waals surface area (Å²) in [6.45, 7) is 0. The molecule has 0 bridgehead atoms. The summed E-state index contributed by atoms with van der Waals surface area (Å²) in [5.41, 5.74) is 0.493. The molecule has 4 aromatic carbocycles. The standard InChI is InChI=1S/C37H28Cl2N2O6/c1-46-27-15-3-21(4-16-27)19-29-31(23-7-11-25(38)12-8-23)37(34(43)40-36(45)41-35(37)44)32(24-9-13-26(39)14-10-24)30(33(29)42)20-22-5-17-28(47-2)18-6-22/h3-20,31-32H,1-2H3,(H2,40,41,43,44,45)/b29-19+,30-20+. The van der Waals surface area contributed by atoms with E-state index in [-0.39, 0.29) is 16.9 Å². The van der Waals surface area contributed by atoms with Gasteiger partial charge in [0.25, 0.3) is 0 Å². The highest BCUT2D eigenvalue weighted by molar-refractivity contribution is 6.31. The Balaban J connectivity index is 1.72. The second-order valence-corrected chi connectivity index (χ2v) is 12.0. The minimum absolute atomic E-state index is 0.169. The van der Waals surface area contributed by atoms with Gasteiger partial charge in [0.2, 0.25) is 11.8 Å². The van der Waals surface area contributed by atoms with E-state index in [0.29, 0.717) is 43.8 Å². The number of rotatable bonds is 6. The lowest BCUT2D eigenvalue weighted by atomic mass is 9.51. The lowest BCUT2D eigenvalue weighted by Gasteiger charge is -2.50. The average Bonchev–Trinajstić information content (AvgIpc) is 3.07. The summed E-state index contributed by atoms with van der Waals surface area (Å²) in [6, 6.07) is 26.3. The number of methoxy groups -OCH3 is 2. The molecule has 1 saturated carbocycles. The molecule has 1 spiro atoms. The third kappa shape index (κ3) is 5.82. The first-order valence-electron chi connectivity index (χ1n) is 14.6. The maximum absolute atomic E-state index is 15.0. The zero-order valence-electron chi connectivity index (χ0n) is 25.3. The highest BCUT2D eigenvalue weighted by Crippen LogP contribution is 2.59. The lowest BCUT2D eigenvalue weighted by molar-refractivity contribution is -0.147. The number of benzene rings is 4. The van der Waals surface area contributed by atoms with Crippen LogP contribution in [0.25, 0.3) is 12.2 Å². The number of hydrogen-bond acceptors (Lipinski definition) is 6. The van der Waals surface area contributed by atoms with Crippen molar-refractivity contribution < 1.29 is 28.7 Å². The Labute approximate surface area is 281 Å². The van der Waals surface area contributed by atoms with Crippen molar-refractivity contribution in [2.24, 2.45) is 5.41 Å². The molecule has 4 amide bonds. The number of carbonyl (C=O) groups excluding carboxylic acids is 4. The van der Waals surface area contributed by atoms with Crippen LogP contribution in [0, 0.1) is 5.41 Å². The summed E-state index contributed by atoms with van der Waals surface area (Å²) in [5, 5.41) is 5.54. The maximum atomic E-state index is 15.0. The van der Waals surface area contributed by atoms with Crippen LogP contribution in [0.1, 0.15) is 34.1 Å². The first-order chi connectivity index (χ1) is 22.6. The van der Waals surface area contributed by atoms with Crippen molar-refractivity contribution in [1.82, 2.24) is 10.6 Å². The van der Waals surface area contributed by atoms with Gasteiger partial charge in [0.15, 0.2) is 11.2 Å². The van der Waals surface area contributed by atoms with Gasteiger partial charge in [-0.1, -0.05) is 71.7 Å². The van der Waals surface area contributed by atoms with Gasteiger partial charge in [-0.25, -0.2) is 4.79 Å². The molecule has 1 saturated heterocycles. The van der Waals surface area contributed by atoms with E-state index in [1.165, 1.54) is 0 Å². The second-order valence-electron chi connectivity index (χ2n) is 11.2. The summed E-state index contributed by atoms with van der Waals surface area (Å²) in [5.74, 6) is -3.17. The fourth-order valence-corrected chi connectivity index (χ4v) is 6.66. The molecule has 2 fully saturated rings. The fourth-order valence-electron chi connectivity index (χ4n) is 6.41. The first-order valence-corrected chi connectivity index (χ1v) is 15.3. The highest BCUT2D eigenvalue weighted by Gasteiger charge is 2.66. The van der Waals surface area contributed by atoms with Crippen LogP contribution in [-0.2, 0) is 14.4 Å². The molecule has 2 atom stereocenters. The third-order valence-corrected chi connectivity index (χ3v) is 9.05. The molecule has 2 aliphatic rings. The Kier molecular flexibility index (Phi) is 8.73. The number of ether oxygens (including phenoxy) is 2. The summed E-state index contributed by atoms with van der Waals surface area (Å²) in [6.07, 6.45) is 3.33. The zero-order valence-corrected chi connectivity index (χ0v) is 26.8. The predicted molar refractivity (Wildman–Crippen MR) is 179 cm³/mol. The van der Waals surface area contributed by atoms with Crippen molar-refractivity contribution in [3.05, 3.63) is 141 Å². The van der Waals surface area contributed by atoms with Crippen LogP contribution in [0.15, 0.2) is 108 Å². The van der Waals surface area contributed by atoms with E-state index in [1.807, 2.05) is 0 Å². The van der Waals surface area contributed by atoms with Gasteiger partial charge in [0.05, 0.1) is 14.2 Å². The largest absolute Gasteiger partial charge is 0.497 e. The van der Waals surface area contributed by atoms with Gasteiger partial charge in [-0.05, 0) is 82.9 Å². The Hall–Kier alpha value is -5.18. The third-order valence-electron chi connectivity index (χ3n) is 8.55. The Morgan fingerprint density at radius 3 is 1.28 bits per heavy atom. The SMILES string of the molecule is COc1ccc(/C=C2/C(=O)/C(=C/c3ccc(OC)cc3)C(c3ccc(Cl)cc3)C3(C(=O)NC(=O)NC3=O)C2c2ccc(Cl)cc2)cc1. The number of amides is 4. The van der Waals surface area contributed by atoms with Crippen molar-refractivity contribution in [2.45, 2.75) is 11.8 Å². The topological polar surface area (TPSA) is 111 Å². The summed E-state index contributed by atoms with van der Waals surface area (Å²) in [4.78, 5) is 56.7. The van der Waals surface area contributed by atoms with Crippen LogP contribution >= 0.6 is 23.2 Å². The molecular formula is C37H28Cl2N2O6. The molecule has 10 heteroatoms. The molecular weight excluding hydrogens is 639 g/mol. The van der Waals surface area contributed by atoms with Gasteiger partial charge in [-0.15, -0.1) is 0 Å². The van der Waals surface area contributed by atoms with Crippen LogP contribution in [0.2, 0.25) is 10.0 Å². The molecule has 236 valence electrons. The van der Waals surface area contributed by atoms with Gasteiger partial charge in [-0.2, -0.15) is 0 Å². The van der Waals surface area contributed by atoms with Gasteiger partial charge < -0.3 is 9.47 Å². The lowest BCUT2D eigenvalue weighted by Crippen LogP contribution is -2.68. The number of carbonyl (C=O) groups is 4. The van der Waals surface area contributed by atoms with E-state index in [0.717, 1.165) is 0 Å². The Morgan fingerprint density at radius 2 is 0.936 bits per heavy atom. The van der Waals surface area contributed by atoms with Crippen LogP contribution in [-0.4, -0.2) is 37.8 Å². The van der Waals surface area contributed by atoms with E-state index >= 15 is 4.79 Å². The molecule has 4 aromatic rings. The van der Waals surface area contributed by atoms with E-state index in [1.54, 1.807) is 123 Å². The minimum Gasteiger partial charge on any atom is -0.497 e. The van der Waals surface area contributed by atoms with Crippen molar-refractivity contribution in [2.75, 3.05) is 14.2 Å². The van der Waals surface area contributed by atoms with Gasteiger partial charge in [-0.3, -0.25) is 25.0 Å². The van der Waals surface area contributed by atoms with E-state index in [2.05, 4.69) is 10.6 Å². The number of hydrogen-bond donors (Lipinski definition) is 2. The van der Waals surface area contributed by atoms with Crippen LogP contribution in [0.4, 0.5) is 4.79 Å². The molecule has 1 aliphatic carbocycles. The monoisotopic (exact) mass is 666 g/mol. The molecule has 1 aliphatic heterocycles. The van der Waals surface area contributed by atoms with Gasteiger partial charge in [0.1, 0.15) is 11.5 Å². The van der Waals surface area contributed by atoms with E-state index in [4.69, 9.17) is 32.7 Å². The summed E-state index contributed by atoms with van der Waals surface area (Å²) >= 11 is 12.5. The molecule has 0 aromatic heterocycles. The molecule has 2 unspecified atom stereocenters. The number of urea groups is 1. The Morgan fingerprint density at radius 1 is 0.574 bits per heavy atom. The van der Waals surface area contributed by atoms with Crippen LogP contribution < -0.4 is 20.1 Å². The highest BCUT2D eigenvalue weighted by atomic mass is 35.5. The zero-order chi connectivity index (χ0) is 33.3. The molecule has 47 heavy (non-hydrogen) atoms. The van der Waals surface area contributed by atoms with Gasteiger partial charge in [0, 0.05) is 33.0 Å². The van der Waals surface area contributed by atoms with Gasteiger partial charge >= 0.3 is 6.03 Å². The maximum Gasteiger partial charge on any atom is 0.328 e. The van der Waals surface area contributed by atoms with Crippen molar-refractivity contribution in [1.29, 1.82) is 0 Å². The van der Waals surface area contributed by atoms with E-state index in [9.17, 15) is 14.4 Å². The average molecular weight is 668 g/mol. The molecule has 1 heterocycles. The van der Waals surface area contributed by atoms with Crippen molar-refractivity contribution >= 4 is 59.0 Å². The molecule has 0 radical (unpaired) electrons. The smallest absolute Gasteiger partial charge is 0.328 e. The van der Waals surface area contributed by atoms with E-state index < -0.39 is 35.1 Å². The number of barbiturate groups is 1. The van der Waals surface area contributed by atoms with Crippen LogP contribution in [0.3, 0.4) is 0 Å². The minimum atomic E-state index is -2.06. The number of halogens is 2. The van der Waals surface area contributed by atoms with Crippen LogP contribution in [0.5, 0.6) is 11.5 Å². The number of imide groups is 2. The first kappa shape index (κ1) is 31.8. The normalized spacial score (nSPS) is 20.7. The quantitative estimate of drug-likeness (QED) is 0.170. The number of nitrogens with one attached hydrogen (secondary N) is 2. The van der Waals surface area contributed by atoms with Crippen molar-refractivity contribution in [3.8, 4) is 11.5 Å². The Bertz CT molecular complexity index is 1790. The number of allylic oxidation sites excluding steroid dienone is 2. The second kappa shape index (κ2) is 12.9. The molecule has 2 N–H and O–H groups in total. The fraction of sp³-hybridized carbons (Fsp3) is 0.135.